The second-order valence-electron chi connectivity index (χ2n) is 6.28. The smallest absolute Gasteiger partial charge is 0.240 e. The monoisotopic (exact) mass is 276 g/mol. The molecule has 5 nitrogen and oxygen atoms in total. The molecule has 2 N–H and O–H groups in total. The molecule has 110 valence electrons. The van der Waals surface area contributed by atoms with Gasteiger partial charge in [0.05, 0.1) is 24.6 Å². The van der Waals surface area contributed by atoms with Crippen molar-refractivity contribution in [2.45, 2.75) is 51.2 Å². The van der Waals surface area contributed by atoms with Gasteiger partial charge in [0.15, 0.2) is 0 Å². The van der Waals surface area contributed by atoms with E-state index in [1.54, 1.807) is 6.33 Å². The minimum atomic E-state index is -0.0523. The van der Waals surface area contributed by atoms with Crippen molar-refractivity contribution in [3.8, 4) is 0 Å². The lowest BCUT2D eigenvalue weighted by atomic mass is 9.90. The summed E-state index contributed by atoms with van der Waals surface area (Å²) in [6, 6.07) is 0.357. The highest BCUT2D eigenvalue weighted by Crippen LogP contribution is 2.39. The van der Waals surface area contributed by atoms with Gasteiger partial charge in [-0.2, -0.15) is 0 Å². The molecule has 3 rings (SSSR count). The number of aromatic nitrogens is 2. The fourth-order valence-corrected chi connectivity index (χ4v) is 4.06. The Hall–Kier alpha value is -1.36. The maximum atomic E-state index is 12.9. The van der Waals surface area contributed by atoms with Crippen molar-refractivity contribution in [1.82, 2.24) is 20.2 Å². The molecule has 4 unspecified atom stereocenters. The molecule has 0 aromatic carbocycles. The number of hydrogen-bond donors (Lipinski definition) is 2. The number of carbonyl (C=O) groups is 1. The van der Waals surface area contributed by atoms with E-state index in [1.807, 2.05) is 13.2 Å². The highest BCUT2D eigenvalue weighted by molar-refractivity contribution is 5.83. The number of fused-ring (bicyclic) bond motifs is 1. The van der Waals surface area contributed by atoms with Crippen molar-refractivity contribution in [2.75, 3.05) is 7.05 Å². The van der Waals surface area contributed by atoms with E-state index in [-0.39, 0.29) is 11.9 Å². The van der Waals surface area contributed by atoms with Gasteiger partial charge in [-0.25, -0.2) is 4.98 Å². The number of H-pyrrole nitrogens is 1. The number of amides is 1. The van der Waals surface area contributed by atoms with Crippen molar-refractivity contribution in [1.29, 1.82) is 0 Å². The molecule has 1 aromatic rings. The van der Waals surface area contributed by atoms with Gasteiger partial charge in [0.25, 0.3) is 0 Å². The molecule has 2 fully saturated rings. The van der Waals surface area contributed by atoms with Crippen LogP contribution >= 0.6 is 0 Å². The first-order chi connectivity index (χ1) is 9.70. The molecule has 20 heavy (non-hydrogen) atoms. The Morgan fingerprint density at radius 3 is 3.05 bits per heavy atom. The number of aromatic amines is 1. The van der Waals surface area contributed by atoms with Crippen molar-refractivity contribution < 1.29 is 4.79 Å². The van der Waals surface area contributed by atoms with Gasteiger partial charge in [-0.05, 0) is 38.1 Å². The third-order valence-electron chi connectivity index (χ3n) is 5.02. The van der Waals surface area contributed by atoms with Gasteiger partial charge in [-0.15, -0.1) is 0 Å². The quantitative estimate of drug-likeness (QED) is 0.880. The minimum absolute atomic E-state index is 0.0523. The van der Waals surface area contributed by atoms with Crippen LogP contribution < -0.4 is 5.32 Å². The first-order valence-corrected chi connectivity index (χ1v) is 7.65. The van der Waals surface area contributed by atoms with Crippen LogP contribution in [0, 0.1) is 11.8 Å². The molecule has 1 aromatic heterocycles. The topological polar surface area (TPSA) is 61.0 Å². The van der Waals surface area contributed by atoms with Crippen LogP contribution in [0.15, 0.2) is 12.5 Å². The molecule has 2 aliphatic rings. The van der Waals surface area contributed by atoms with E-state index >= 15 is 0 Å². The van der Waals surface area contributed by atoms with Crippen LogP contribution in [0.25, 0.3) is 0 Å². The van der Waals surface area contributed by atoms with Gasteiger partial charge in [0.1, 0.15) is 0 Å². The average Bonchev–Trinajstić information content (AvgIpc) is 3.06. The van der Waals surface area contributed by atoms with Crippen molar-refractivity contribution >= 4 is 5.91 Å². The van der Waals surface area contributed by atoms with E-state index in [0.717, 1.165) is 18.5 Å². The summed E-state index contributed by atoms with van der Waals surface area (Å²) in [6.07, 6.45) is 8.31. The summed E-state index contributed by atoms with van der Waals surface area (Å²) in [5.74, 6) is 1.32. The molecule has 4 atom stereocenters. The normalized spacial score (nSPS) is 34.1. The van der Waals surface area contributed by atoms with E-state index in [9.17, 15) is 4.79 Å². The predicted molar refractivity (Wildman–Crippen MR) is 76.9 cm³/mol. The maximum Gasteiger partial charge on any atom is 0.240 e. The third-order valence-corrected chi connectivity index (χ3v) is 5.02. The van der Waals surface area contributed by atoms with Crippen LogP contribution in [-0.4, -0.2) is 39.9 Å². The summed E-state index contributed by atoms with van der Waals surface area (Å²) < 4.78 is 0. The number of nitrogens with one attached hydrogen (secondary N) is 2. The largest absolute Gasteiger partial charge is 0.347 e. The van der Waals surface area contributed by atoms with Crippen molar-refractivity contribution in [3.05, 3.63) is 18.2 Å². The SMILES string of the molecule is CNC1C(=O)N(Cc2cnc[nH]2)C2CCCC2CC1C. The molecule has 0 spiro atoms. The predicted octanol–water partition coefficient (Wildman–Crippen LogP) is 1.53. The number of likely N-dealkylation sites (N-methyl/N-ethyl adjacent to an activating group) is 1. The molecular weight excluding hydrogens is 252 g/mol. The summed E-state index contributed by atoms with van der Waals surface area (Å²) in [7, 11) is 1.90. The van der Waals surface area contributed by atoms with Gasteiger partial charge in [0.2, 0.25) is 5.91 Å². The number of likely N-dealkylation sites (tertiary alicyclic amines) is 1. The number of imidazole rings is 1. The Bertz CT molecular complexity index is 458. The van der Waals surface area contributed by atoms with Gasteiger partial charge in [-0.1, -0.05) is 13.3 Å². The summed E-state index contributed by atoms with van der Waals surface area (Å²) in [6.45, 7) is 2.86. The first-order valence-electron chi connectivity index (χ1n) is 7.65. The Labute approximate surface area is 120 Å². The van der Waals surface area contributed by atoms with Gasteiger partial charge in [0, 0.05) is 12.2 Å². The molecule has 1 amide bonds. The third kappa shape index (κ3) is 2.35. The second kappa shape index (κ2) is 5.56. The Balaban J connectivity index is 1.87. The Morgan fingerprint density at radius 1 is 1.50 bits per heavy atom. The highest BCUT2D eigenvalue weighted by atomic mass is 16.2. The van der Waals surface area contributed by atoms with Crippen molar-refractivity contribution in [2.24, 2.45) is 11.8 Å². The van der Waals surface area contributed by atoms with Crippen LogP contribution in [0.1, 0.15) is 38.3 Å². The van der Waals surface area contributed by atoms with E-state index in [0.29, 0.717) is 24.4 Å². The van der Waals surface area contributed by atoms with E-state index < -0.39 is 0 Å². The zero-order valence-electron chi connectivity index (χ0n) is 12.3. The van der Waals surface area contributed by atoms with Crippen LogP contribution in [0.4, 0.5) is 0 Å². The highest BCUT2D eigenvalue weighted by Gasteiger charge is 2.43. The molecule has 2 heterocycles. The lowest BCUT2D eigenvalue weighted by molar-refractivity contribution is -0.136. The molecule has 1 saturated heterocycles. The summed E-state index contributed by atoms with van der Waals surface area (Å²) >= 11 is 0. The van der Waals surface area contributed by atoms with Gasteiger partial charge < -0.3 is 15.2 Å². The number of carbonyl (C=O) groups excluding carboxylic acids is 1. The molecule has 5 heteroatoms. The Kier molecular flexibility index (Phi) is 3.78. The van der Waals surface area contributed by atoms with E-state index in [1.165, 1.54) is 12.8 Å². The summed E-state index contributed by atoms with van der Waals surface area (Å²) in [4.78, 5) is 22.2. The lowest BCUT2D eigenvalue weighted by Crippen LogP contribution is -2.49. The average molecular weight is 276 g/mol. The van der Waals surface area contributed by atoms with Crippen LogP contribution in [0.2, 0.25) is 0 Å². The van der Waals surface area contributed by atoms with E-state index in [4.69, 9.17) is 0 Å². The molecule has 0 radical (unpaired) electrons. The second-order valence-corrected chi connectivity index (χ2v) is 6.28. The molecular formula is C15H24N4O. The molecule has 1 aliphatic carbocycles. The van der Waals surface area contributed by atoms with Gasteiger partial charge >= 0.3 is 0 Å². The Morgan fingerprint density at radius 2 is 2.35 bits per heavy atom. The fourth-order valence-electron chi connectivity index (χ4n) is 4.06. The first kappa shape index (κ1) is 13.6. The van der Waals surface area contributed by atoms with Crippen LogP contribution in [0.5, 0.6) is 0 Å². The zero-order chi connectivity index (χ0) is 14.1. The van der Waals surface area contributed by atoms with Gasteiger partial charge in [-0.3, -0.25) is 4.79 Å². The van der Waals surface area contributed by atoms with Crippen LogP contribution in [-0.2, 0) is 11.3 Å². The van der Waals surface area contributed by atoms with Crippen LogP contribution in [0.3, 0.4) is 0 Å². The summed E-state index contributed by atoms with van der Waals surface area (Å²) in [5, 5.41) is 3.23. The minimum Gasteiger partial charge on any atom is -0.347 e. The zero-order valence-corrected chi connectivity index (χ0v) is 12.3. The standard InChI is InChI=1S/C15H24N4O/c1-10-6-11-4-3-5-13(11)19(15(20)14(10)16-2)8-12-7-17-9-18-12/h7,9-11,13-14,16H,3-6,8H2,1-2H3,(H,17,18). The molecule has 1 aliphatic heterocycles. The van der Waals surface area contributed by atoms with E-state index in [2.05, 4.69) is 27.1 Å². The van der Waals surface area contributed by atoms with Crippen molar-refractivity contribution in [3.63, 3.8) is 0 Å². The fraction of sp³-hybridized carbons (Fsp3) is 0.733. The maximum absolute atomic E-state index is 12.9. The number of rotatable bonds is 3. The summed E-state index contributed by atoms with van der Waals surface area (Å²) in [5.41, 5.74) is 1.02. The lowest BCUT2D eigenvalue weighted by Gasteiger charge is -2.31. The molecule has 1 saturated carbocycles. The number of nitrogens with zero attached hydrogens (tertiary/aromatic N) is 2. The number of hydrogen-bond acceptors (Lipinski definition) is 3. The molecule has 0 bridgehead atoms.